The number of rotatable bonds is 5. The van der Waals surface area contributed by atoms with Crippen molar-refractivity contribution in [2.75, 3.05) is 21.3 Å². The van der Waals surface area contributed by atoms with E-state index in [0.29, 0.717) is 33.4 Å². The Morgan fingerprint density at radius 2 is 1.69 bits per heavy atom. The van der Waals surface area contributed by atoms with Crippen molar-refractivity contribution in [1.29, 1.82) is 0 Å². The molecule has 2 aromatic rings. The van der Waals surface area contributed by atoms with Gasteiger partial charge in [0, 0.05) is 11.6 Å². The lowest BCUT2D eigenvalue weighted by Crippen LogP contribution is -2.06. The maximum Gasteiger partial charge on any atom is 0.363 e. The molecule has 0 N–H and O–H groups in total. The molecule has 0 aromatic heterocycles. The molecule has 0 bridgehead atoms. The SMILES string of the molecule is COc1ccc(C2=NC(=Cc3ccc(OC)cc3OC)C(=O)O2)c(Cl)c1. The Hall–Kier alpha value is -2.99. The molecular weight excluding hydrogens is 358 g/mol. The van der Waals surface area contributed by atoms with Crippen molar-refractivity contribution in [3.8, 4) is 17.2 Å². The van der Waals surface area contributed by atoms with E-state index in [-0.39, 0.29) is 11.6 Å². The first kappa shape index (κ1) is 17.8. The van der Waals surface area contributed by atoms with Crippen LogP contribution < -0.4 is 14.2 Å². The number of cyclic esters (lactones) is 1. The van der Waals surface area contributed by atoms with Crippen molar-refractivity contribution < 1.29 is 23.7 Å². The van der Waals surface area contributed by atoms with Crippen molar-refractivity contribution in [3.05, 3.63) is 58.2 Å². The Bertz CT molecular complexity index is 920. The smallest absolute Gasteiger partial charge is 0.363 e. The van der Waals surface area contributed by atoms with Crippen LogP contribution in [0.25, 0.3) is 6.08 Å². The summed E-state index contributed by atoms with van der Waals surface area (Å²) in [6.45, 7) is 0. The Balaban J connectivity index is 1.97. The third-order valence-electron chi connectivity index (χ3n) is 3.76. The van der Waals surface area contributed by atoms with Crippen molar-refractivity contribution in [2.45, 2.75) is 0 Å². The van der Waals surface area contributed by atoms with E-state index in [1.165, 1.54) is 7.11 Å². The highest BCUT2D eigenvalue weighted by molar-refractivity contribution is 6.34. The van der Waals surface area contributed by atoms with Crippen molar-refractivity contribution >= 4 is 29.5 Å². The zero-order valence-electron chi connectivity index (χ0n) is 14.4. The summed E-state index contributed by atoms with van der Waals surface area (Å²) in [5.74, 6) is 1.37. The van der Waals surface area contributed by atoms with Crippen molar-refractivity contribution in [2.24, 2.45) is 4.99 Å². The van der Waals surface area contributed by atoms with Crippen LogP contribution in [0.3, 0.4) is 0 Å². The molecule has 0 aliphatic carbocycles. The molecule has 134 valence electrons. The fourth-order valence-corrected chi connectivity index (χ4v) is 2.66. The van der Waals surface area contributed by atoms with Crippen LogP contribution in [0, 0.1) is 0 Å². The van der Waals surface area contributed by atoms with Crippen LogP contribution in [0.1, 0.15) is 11.1 Å². The zero-order chi connectivity index (χ0) is 18.7. The fraction of sp³-hybridized carbons (Fsp3) is 0.158. The van der Waals surface area contributed by atoms with E-state index >= 15 is 0 Å². The molecule has 0 amide bonds. The van der Waals surface area contributed by atoms with Crippen LogP contribution in [-0.2, 0) is 9.53 Å². The second-order valence-electron chi connectivity index (χ2n) is 5.29. The number of methoxy groups -OCH3 is 3. The Kier molecular flexibility index (Phi) is 5.14. The van der Waals surface area contributed by atoms with Gasteiger partial charge in [0.2, 0.25) is 5.90 Å². The molecule has 7 heteroatoms. The number of esters is 1. The van der Waals surface area contributed by atoms with E-state index in [1.807, 2.05) is 0 Å². The van der Waals surface area contributed by atoms with Gasteiger partial charge in [-0.2, -0.15) is 0 Å². The van der Waals surface area contributed by atoms with E-state index in [4.69, 9.17) is 30.5 Å². The van der Waals surface area contributed by atoms with Crippen LogP contribution in [-0.4, -0.2) is 33.2 Å². The van der Waals surface area contributed by atoms with E-state index in [1.54, 1.807) is 56.7 Å². The van der Waals surface area contributed by atoms with Gasteiger partial charge in [-0.15, -0.1) is 0 Å². The third-order valence-corrected chi connectivity index (χ3v) is 4.07. The second-order valence-corrected chi connectivity index (χ2v) is 5.70. The van der Waals surface area contributed by atoms with Crippen LogP contribution in [0.2, 0.25) is 5.02 Å². The Labute approximate surface area is 155 Å². The topological polar surface area (TPSA) is 66.3 Å². The molecule has 1 heterocycles. The molecule has 0 fully saturated rings. The third kappa shape index (κ3) is 3.50. The van der Waals surface area contributed by atoms with Gasteiger partial charge < -0.3 is 18.9 Å². The van der Waals surface area contributed by atoms with E-state index in [2.05, 4.69) is 4.99 Å². The van der Waals surface area contributed by atoms with Crippen LogP contribution in [0.5, 0.6) is 17.2 Å². The van der Waals surface area contributed by atoms with Gasteiger partial charge in [0.15, 0.2) is 5.70 Å². The minimum atomic E-state index is -0.565. The molecule has 2 aromatic carbocycles. The number of hydrogen-bond acceptors (Lipinski definition) is 6. The summed E-state index contributed by atoms with van der Waals surface area (Å²) in [5.41, 5.74) is 1.33. The largest absolute Gasteiger partial charge is 0.497 e. The predicted octanol–water partition coefficient (Wildman–Crippen LogP) is 3.71. The number of benzene rings is 2. The van der Waals surface area contributed by atoms with Crippen molar-refractivity contribution in [1.82, 2.24) is 0 Å². The normalized spacial score (nSPS) is 14.8. The zero-order valence-corrected chi connectivity index (χ0v) is 15.2. The molecule has 1 aliphatic rings. The number of ether oxygens (including phenoxy) is 4. The van der Waals surface area contributed by atoms with Crippen LogP contribution >= 0.6 is 11.6 Å². The molecule has 6 nitrogen and oxygen atoms in total. The molecular formula is C19H16ClNO5. The number of hydrogen-bond donors (Lipinski definition) is 0. The monoisotopic (exact) mass is 373 g/mol. The molecule has 0 unspecified atom stereocenters. The molecule has 0 atom stereocenters. The second kappa shape index (κ2) is 7.49. The van der Waals surface area contributed by atoms with Gasteiger partial charge in [-0.3, -0.25) is 0 Å². The van der Waals surface area contributed by atoms with Crippen LogP contribution in [0.15, 0.2) is 47.1 Å². The highest BCUT2D eigenvalue weighted by Crippen LogP contribution is 2.30. The number of nitrogens with zero attached hydrogens (tertiary/aromatic N) is 1. The molecule has 0 radical (unpaired) electrons. The lowest BCUT2D eigenvalue weighted by Gasteiger charge is -2.07. The summed E-state index contributed by atoms with van der Waals surface area (Å²) < 4.78 is 20.9. The van der Waals surface area contributed by atoms with E-state index < -0.39 is 5.97 Å². The molecule has 0 spiro atoms. The summed E-state index contributed by atoms with van der Waals surface area (Å²) in [6, 6.07) is 10.3. The van der Waals surface area contributed by atoms with Crippen molar-refractivity contribution in [3.63, 3.8) is 0 Å². The lowest BCUT2D eigenvalue weighted by atomic mass is 10.1. The summed E-state index contributed by atoms with van der Waals surface area (Å²) in [7, 11) is 4.65. The number of carbonyl (C=O) groups excluding carboxylic acids is 1. The first-order chi connectivity index (χ1) is 12.5. The van der Waals surface area contributed by atoms with Gasteiger partial charge in [-0.1, -0.05) is 11.6 Å². The quantitative estimate of drug-likeness (QED) is 0.590. The highest BCUT2D eigenvalue weighted by Gasteiger charge is 2.26. The minimum absolute atomic E-state index is 0.140. The Morgan fingerprint density at radius 1 is 1.00 bits per heavy atom. The number of halogens is 1. The van der Waals surface area contributed by atoms with Gasteiger partial charge in [-0.05, 0) is 36.4 Å². The molecule has 0 saturated heterocycles. The maximum absolute atomic E-state index is 12.2. The van der Waals surface area contributed by atoms with Gasteiger partial charge in [0.25, 0.3) is 0 Å². The number of carbonyl (C=O) groups is 1. The molecule has 1 aliphatic heterocycles. The van der Waals surface area contributed by atoms with E-state index in [9.17, 15) is 4.79 Å². The molecule has 26 heavy (non-hydrogen) atoms. The van der Waals surface area contributed by atoms with Gasteiger partial charge >= 0.3 is 5.97 Å². The maximum atomic E-state index is 12.2. The summed E-state index contributed by atoms with van der Waals surface area (Å²) in [6.07, 6.45) is 1.59. The number of aliphatic imine (C=N–C) groups is 1. The highest BCUT2D eigenvalue weighted by atomic mass is 35.5. The lowest BCUT2D eigenvalue weighted by molar-refractivity contribution is -0.129. The van der Waals surface area contributed by atoms with Gasteiger partial charge in [-0.25, -0.2) is 9.79 Å². The minimum Gasteiger partial charge on any atom is -0.497 e. The molecule has 0 saturated carbocycles. The fourth-order valence-electron chi connectivity index (χ4n) is 2.41. The van der Waals surface area contributed by atoms with E-state index in [0.717, 1.165) is 0 Å². The summed E-state index contributed by atoms with van der Waals surface area (Å²) >= 11 is 6.22. The standard InChI is InChI=1S/C19H16ClNO5/c1-23-12-6-7-14(15(20)9-12)18-21-16(19(22)26-18)8-11-4-5-13(24-2)10-17(11)25-3/h4-10H,1-3H3. The van der Waals surface area contributed by atoms with Gasteiger partial charge in [0.1, 0.15) is 17.2 Å². The predicted molar refractivity (Wildman–Crippen MR) is 98.2 cm³/mol. The average molecular weight is 374 g/mol. The average Bonchev–Trinajstić information content (AvgIpc) is 3.02. The molecule has 3 rings (SSSR count). The summed E-state index contributed by atoms with van der Waals surface area (Å²) in [5, 5.41) is 0.374. The Morgan fingerprint density at radius 3 is 2.35 bits per heavy atom. The summed E-state index contributed by atoms with van der Waals surface area (Å²) in [4.78, 5) is 16.4. The first-order valence-corrected chi connectivity index (χ1v) is 8.02. The van der Waals surface area contributed by atoms with Crippen LogP contribution in [0.4, 0.5) is 0 Å². The van der Waals surface area contributed by atoms with Gasteiger partial charge in [0.05, 0.1) is 31.9 Å². The first-order valence-electron chi connectivity index (χ1n) is 7.64.